The zero-order valence-corrected chi connectivity index (χ0v) is 37.1. The third-order valence-corrected chi connectivity index (χ3v) is 11.4. The van der Waals surface area contributed by atoms with Crippen molar-refractivity contribution < 1.29 is 59.6 Å². The van der Waals surface area contributed by atoms with Gasteiger partial charge in [-0.3, -0.25) is 9.59 Å². The van der Waals surface area contributed by atoms with Gasteiger partial charge in [-0.1, -0.05) is 45.9 Å². The van der Waals surface area contributed by atoms with Gasteiger partial charge in [-0.15, -0.1) is 0 Å². The summed E-state index contributed by atoms with van der Waals surface area (Å²) in [6.45, 7) is 2.73. The smallest absolute Gasteiger partial charge is 0.220 e. The summed E-state index contributed by atoms with van der Waals surface area (Å²) in [4.78, 5) is 24.7. The van der Waals surface area contributed by atoms with E-state index in [-0.39, 0.29) is 24.2 Å². The number of aryl methyl sites for hydroxylation is 2. The largest absolute Gasteiger partial charge is 1.00 e. The molecule has 2 aromatic heterocycles. The number of aromatic nitrogens is 2. The van der Waals surface area contributed by atoms with E-state index in [0.29, 0.717) is 60.4 Å². The molecule has 0 spiro atoms. The Morgan fingerprint density at radius 2 is 0.864 bits per heavy atom. The van der Waals surface area contributed by atoms with E-state index < -0.39 is 0 Å². The Labute approximate surface area is 362 Å². The minimum absolute atomic E-state index is 0. The van der Waals surface area contributed by atoms with Crippen LogP contribution in [0.2, 0.25) is 0 Å². The van der Waals surface area contributed by atoms with Crippen LogP contribution in [-0.4, -0.2) is 79.1 Å². The van der Waals surface area contributed by atoms with E-state index in [1.807, 2.05) is 97.6 Å². The lowest BCUT2D eigenvalue weighted by atomic mass is 10.1. The van der Waals surface area contributed by atoms with Gasteiger partial charge < -0.3 is 51.5 Å². The molecule has 0 aliphatic rings. The van der Waals surface area contributed by atoms with Gasteiger partial charge in [0.2, 0.25) is 11.8 Å². The summed E-state index contributed by atoms with van der Waals surface area (Å²) >= 11 is 0. The molecule has 0 aliphatic heterocycles. The average molecular weight is 869 g/mol. The average Bonchev–Trinajstić information content (AvgIpc) is 3.25. The molecule has 0 unspecified atom stereocenters. The summed E-state index contributed by atoms with van der Waals surface area (Å²) < 4.78 is 36.8. The standard InChI is InChI=1S/C44H54N4O8S2.ClH/c1-51-37-31-41(55-5)39(53-3)29-35(37)13-11-33-15-23-47(24-16-33)21-7-9-43(49)45-19-27-57-58-28-20-46-44(50)10-8-22-48-25-17-34(18-26-48)12-14-36-30-40(54-4)42(56-6)32-38(36)52-2;/h11-18,23-26,29-32H,7-10,19-22,27-28H2,1-6H3;1H/p+1/b13-11+,14-12+;. The van der Waals surface area contributed by atoms with Gasteiger partial charge in [0, 0.05) is 97.8 Å². The lowest BCUT2D eigenvalue weighted by molar-refractivity contribution is -0.697. The van der Waals surface area contributed by atoms with Crippen LogP contribution < -0.4 is 60.6 Å². The molecular formula is C44H56ClN4O8S2+. The SMILES string of the molecule is COc1cc(OC)c(OC)cc1/C=C/c1cc[n+](CCCC(=O)NCCSSCCNC(=O)CCC[n+]2ccc(/C=C/c3cc(OC)c(OC)cc3OC)cc2)cc1.[Cl-]. The molecule has 4 rings (SSSR count). The van der Waals surface area contributed by atoms with Crippen LogP contribution in [0.25, 0.3) is 24.3 Å². The monoisotopic (exact) mass is 867 g/mol. The summed E-state index contributed by atoms with van der Waals surface area (Å²) in [6, 6.07) is 15.5. The molecule has 2 heterocycles. The van der Waals surface area contributed by atoms with Crippen LogP contribution in [0.15, 0.2) is 73.3 Å². The number of amides is 2. The fourth-order valence-corrected chi connectivity index (χ4v) is 7.61. The van der Waals surface area contributed by atoms with Crippen LogP contribution in [0.3, 0.4) is 0 Å². The molecule has 2 amide bonds. The van der Waals surface area contributed by atoms with Gasteiger partial charge in [0.25, 0.3) is 0 Å². The Balaban J connectivity index is 0.00000930. The minimum atomic E-state index is 0. The summed E-state index contributed by atoms with van der Waals surface area (Å²) in [5.41, 5.74) is 3.84. The number of nitrogens with zero attached hydrogens (tertiary/aromatic N) is 2. The van der Waals surface area contributed by atoms with E-state index in [0.717, 1.165) is 59.7 Å². The first-order chi connectivity index (χ1) is 28.3. The van der Waals surface area contributed by atoms with E-state index in [9.17, 15) is 9.59 Å². The van der Waals surface area contributed by atoms with Crippen LogP contribution in [-0.2, 0) is 22.7 Å². The topological polar surface area (TPSA) is 121 Å². The van der Waals surface area contributed by atoms with Crippen LogP contribution in [0.1, 0.15) is 47.9 Å². The molecule has 4 aromatic rings. The number of nitrogens with one attached hydrogen (secondary N) is 2. The highest BCUT2D eigenvalue weighted by Gasteiger charge is 2.12. The lowest BCUT2D eigenvalue weighted by Crippen LogP contribution is -3.00. The number of methoxy groups -OCH3 is 6. The van der Waals surface area contributed by atoms with Gasteiger partial charge in [0.15, 0.2) is 47.8 Å². The number of benzene rings is 2. The number of carbonyl (C=O) groups is 2. The summed E-state index contributed by atoms with van der Waals surface area (Å²) in [6.07, 6.45) is 18.5. The number of hydrogen-bond acceptors (Lipinski definition) is 10. The molecule has 2 aromatic carbocycles. The summed E-state index contributed by atoms with van der Waals surface area (Å²) in [7, 11) is 13.1. The quantitative estimate of drug-likeness (QED) is 0.0582. The number of halogens is 1. The number of hydrogen-bond donors (Lipinski definition) is 2. The minimum Gasteiger partial charge on any atom is -1.00 e. The van der Waals surface area contributed by atoms with E-state index in [2.05, 4.69) is 19.8 Å². The van der Waals surface area contributed by atoms with Crippen LogP contribution >= 0.6 is 21.6 Å². The van der Waals surface area contributed by atoms with Crippen molar-refractivity contribution in [3.05, 3.63) is 95.6 Å². The van der Waals surface area contributed by atoms with E-state index in [4.69, 9.17) is 28.4 Å². The van der Waals surface area contributed by atoms with E-state index >= 15 is 0 Å². The Morgan fingerprint density at radius 1 is 0.525 bits per heavy atom. The van der Waals surface area contributed by atoms with Crippen LogP contribution in [0.5, 0.6) is 34.5 Å². The highest BCUT2D eigenvalue weighted by atomic mass is 35.5. The first-order valence-electron chi connectivity index (χ1n) is 19.0. The maximum absolute atomic E-state index is 12.3. The van der Waals surface area contributed by atoms with E-state index in [1.54, 1.807) is 64.2 Å². The third-order valence-electron chi connectivity index (χ3n) is 8.96. The molecule has 59 heavy (non-hydrogen) atoms. The second-order valence-corrected chi connectivity index (χ2v) is 15.6. The molecule has 0 atom stereocenters. The second-order valence-electron chi connectivity index (χ2n) is 12.9. The Bertz CT molecular complexity index is 1820. The van der Waals surface area contributed by atoms with Gasteiger partial charge >= 0.3 is 0 Å². The van der Waals surface area contributed by atoms with Gasteiger partial charge in [-0.2, -0.15) is 0 Å². The number of rotatable bonds is 25. The molecule has 0 fully saturated rings. The van der Waals surface area contributed by atoms with Crippen LogP contribution in [0.4, 0.5) is 0 Å². The van der Waals surface area contributed by atoms with Gasteiger partial charge in [-0.05, 0) is 23.3 Å². The van der Waals surface area contributed by atoms with Crippen molar-refractivity contribution in [2.45, 2.75) is 38.8 Å². The molecule has 318 valence electrons. The van der Waals surface area contributed by atoms with Gasteiger partial charge in [0.05, 0.1) is 42.7 Å². The van der Waals surface area contributed by atoms with Crippen molar-refractivity contribution in [3.63, 3.8) is 0 Å². The number of carbonyl (C=O) groups excluding carboxylic acids is 2. The van der Waals surface area contributed by atoms with E-state index in [1.165, 1.54) is 0 Å². The molecule has 0 saturated carbocycles. The predicted octanol–water partition coefficient (Wildman–Crippen LogP) is 3.53. The van der Waals surface area contributed by atoms with Crippen molar-refractivity contribution in [1.82, 2.24) is 10.6 Å². The Hall–Kier alpha value is -5.05. The molecular weight excluding hydrogens is 812 g/mol. The highest BCUT2D eigenvalue weighted by Crippen LogP contribution is 2.36. The van der Waals surface area contributed by atoms with Crippen molar-refractivity contribution in [3.8, 4) is 34.5 Å². The van der Waals surface area contributed by atoms with Gasteiger partial charge in [0.1, 0.15) is 24.6 Å². The fraction of sp³-hybridized carbons (Fsp3) is 0.364. The third kappa shape index (κ3) is 16.3. The normalized spacial score (nSPS) is 10.9. The zero-order valence-electron chi connectivity index (χ0n) is 34.7. The first kappa shape index (κ1) is 48.3. The number of ether oxygens (including phenoxy) is 6. The zero-order chi connectivity index (χ0) is 41.5. The molecule has 0 bridgehead atoms. The summed E-state index contributed by atoms with van der Waals surface area (Å²) in [5, 5.41) is 6.00. The van der Waals surface area contributed by atoms with Crippen molar-refractivity contribution >= 4 is 57.7 Å². The Kier molecular flexibility index (Phi) is 22.0. The number of pyridine rings is 2. The van der Waals surface area contributed by atoms with Gasteiger partial charge in [-0.25, -0.2) is 9.13 Å². The van der Waals surface area contributed by atoms with Crippen LogP contribution in [0, 0.1) is 0 Å². The molecule has 15 heteroatoms. The molecule has 0 aliphatic carbocycles. The highest BCUT2D eigenvalue weighted by molar-refractivity contribution is 8.76. The molecule has 12 nitrogen and oxygen atoms in total. The van der Waals surface area contributed by atoms with Crippen molar-refractivity contribution in [2.75, 3.05) is 67.3 Å². The second kappa shape index (κ2) is 26.9. The lowest BCUT2D eigenvalue weighted by Gasteiger charge is -2.12. The fourth-order valence-electron chi connectivity index (χ4n) is 5.80. The maximum atomic E-state index is 12.3. The Morgan fingerprint density at radius 3 is 1.20 bits per heavy atom. The molecule has 0 radical (unpaired) electrons. The predicted molar refractivity (Wildman–Crippen MR) is 233 cm³/mol. The maximum Gasteiger partial charge on any atom is 0.220 e. The first-order valence-corrected chi connectivity index (χ1v) is 21.5. The van der Waals surface area contributed by atoms with Crippen molar-refractivity contribution in [1.29, 1.82) is 0 Å². The molecule has 0 saturated heterocycles. The van der Waals surface area contributed by atoms with Crippen molar-refractivity contribution in [2.24, 2.45) is 0 Å². The molecule has 2 N–H and O–H groups in total. The summed E-state index contributed by atoms with van der Waals surface area (Å²) in [5.74, 6) is 5.60.